The fraction of sp³-hybridized carbons (Fsp3) is 0.125. The zero-order valence-electron chi connectivity index (χ0n) is 18.2. The van der Waals surface area contributed by atoms with Gasteiger partial charge in [-0.05, 0) is 42.5 Å². The number of hydrogen-bond acceptors (Lipinski definition) is 5. The van der Waals surface area contributed by atoms with Crippen LogP contribution in [0.25, 0.3) is 16.9 Å². The molecule has 1 aromatic heterocycles. The molecule has 1 heterocycles. The second-order valence-electron chi connectivity index (χ2n) is 7.72. The van der Waals surface area contributed by atoms with Crippen LogP contribution in [-0.2, 0) is 6.18 Å². The predicted octanol–water partition coefficient (Wildman–Crippen LogP) is 4.98. The van der Waals surface area contributed by atoms with E-state index >= 15 is 0 Å². The van der Waals surface area contributed by atoms with Crippen LogP contribution in [0, 0.1) is 0 Å². The third-order valence-corrected chi connectivity index (χ3v) is 5.11. The van der Waals surface area contributed by atoms with E-state index in [1.165, 1.54) is 28.9 Å². The van der Waals surface area contributed by atoms with Gasteiger partial charge in [0.25, 0.3) is 5.91 Å². The molecule has 174 valence electrons. The molecule has 7 nitrogen and oxygen atoms in total. The van der Waals surface area contributed by atoms with Crippen molar-refractivity contribution in [1.82, 2.24) is 15.0 Å². The Kier molecular flexibility index (Phi) is 5.97. The lowest BCUT2D eigenvalue weighted by atomic mass is 10.1. The molecule has 0 atom stereocenters. The zero-order valence-corrected chi connectivity index (χ0v) is 18.2. The number of phenols is 1. The summed E-state index contributed by atoms with van der Waals surface area (Å²) in [7, 11) is 3.89. The quantitative estimate of drug-likeness (QED) is 0.433. The highest BCUT2D eigenvalue weighted by Gasteiger charge is 2.30. The third kappa shape index (κ3) is 4.85. The molecule has 2 N–H and O–H groups in total. The summed E-state index contributed by atoms with van der Waals surface area (Å²) in [6.45, 7) is 0. The van der Waals surface area contributed by atoms with Gasteiger partial charge in [-0.15, -0.1) is 5.10 Å². The fourth-order valence-corrected chi connectivity index (χ4v) is 3.28. The number of nitrogens with one attached hydrogen (secondary N) is 1. The predicted molar refractivity (Wildman–Crippen MR) is 122 cm³/mol. The molecule has 0 unspecified atom stereocenters. The summed E-state index contributed by atoms with van der Waals surface area (Å²) in [5, 5.41) is 21.0. The van der Waals surface area contributed by atoms with Crippen LogP contribution >= 0.6 is 0 Å². The van der Waals surface area contributed by atoms with E-state index in [0.29, 0.717) is 11.4 Å². The lowest BCUT2D eigenvalue weighted by Gasteiger charge is -2.12. The highest BCUT2D eigenvalue weighted by atomic mass is 19.4. The number of benzene rings is 3. The van der Waals surface area contributed by atoms with Crippen LogP contribution in [-0.4, -0.2) is 40.1 Å². The molecule has 34 heavy (non-hydrogen) atoms. The summed E-state index contributed by atoms with van der Waals surface area (Å²) in [6.07, 6.45) is -2.85. The second kappa shape index (κ2) is 8.89. The highest BCUT2D eigenvalue weighted by Crippen LogP contribution is 2.31. The van der Waals surface area contributed by atoms with E-state index in [0.717, 1.165) is 23.4 Å². The molecule has 3 aromatic carbocycles. The smallest absolute Gasteiger partial charge is 0.416 e. The van der Waals surface area contributed by atoms with Crippen molar-refractivity contribution in [3.63, 3.8) is 0 Å². The average molecular weight is 467 g/mol. The molecule has 0 bridgehead atoms. The van der Waals surface area contributed by atoms with Gasteiger partial charge >= 0.3 is 6.18 Å². The van der Waals surface area contributed by atoms with Gasteiger partial charge < -0.3 is 15.3 Å². The maximum atomic E-state index is 12.9. The third-order valence-electron chi connectivity index (χ3n) is 5.11. The fourth-order valence-electron chi connectivity index (χ4n) is 3.28. The van der Waals surface area contributed by atoms with Crippen LogP contribution in [0.5, 0.6) is 5.75 Å². The van der Waals surface area contributed by atoms with E-state index < -0.39 is 17.6 Å². The van der Waals surface area contributed by atoms with Gasteiger partial charge in [0.05, 0.1) is 23.0 Å². The Labute approximate surface area is 193 Å². The largest absolute Gasteiger partial charge is 0.507 e. The number of halogens is 3. The number of nitrogens with zero attached hydrogens (tertiary/aromatic N) is 4. The van der Waals surface area contributed by atoms with Crippen LogP contribution in [0.15, 0.2) is 72.9 Å². The number of hydrogen-bond donors (Lipinski definition) is 2. The lowest BCUT2D eigenvalue weighted by Crippen LogP contribution is -2.13. The first-order valence-corrected chi connectivity index (χ1v) is 10.1. The van der Waals surface area contributed by atoms with Gasteiger partial charge in [0.15, 0.2) is 0 Å². The maximum absolute atomic E-state index is 12.9. The molecule has 0 aliphatic rings. The minimum Gasteiger partial charge on any atom is -0.507 e. The Bertz CT molecular complexity index is 1330. The summed E-state index contributed by atoms with van der Waals surface area (Å²) in [5.74, 6) is -1.10. The summed E-state index contributed by atoms with van der Waals surface area (Å²) in [6, 6.07) is 16.2. The van der Waals surface area contributed by atoms with Crippen molar-refractivity contribution in [2.75, 3.05) is 24.3 Å². The Morgan fingerprint density at radius 2 is 1.76 bits per heavy atom. The lowest BCUT2D eigenvalue weighted by molar-refractivity contribution is -0.137. The molecular weight excluding hydrogens is 447 g/mol. The molecule has 0 saturated carbocycles. The van der Waals surface area contributed by atoms with Crippen molar-refractivity contribution in [2.24, 2.45) is 0 Å². The van der Waals surface area contributed by atoms with Gasteiger partial charge in [0.2, 0.25) is 0 Å². The van der Waals surface area contributed by atoms with Gasteiger partial charge in [-0.1, -0.05) is 23.4 Å². The van der Waals surface area contributed by atoms with Gasteiger partial charge in [-0.3, -0.25) is 4.79 Å². The molecule has 0 fully saturated rings. The van der Waals surface area contributed by atoms with Crippen molar-refractivity contribution in [1.29, 1.82) is 0 Å². The topological polar surface area (TPSA) is 83.3 Å². The van der Waals surface area contributed by atoms with Gasteiger partial charge in [0, 0.05) is 37.1 Å². The van der Waals surface area contributed by atoms with Crippen LogP contribution in [0.2, 0.25) is 0 Å². The number of aromatic nitrogens is 3. The number of amides is 1. The number of phenolic OH excluding ortho intramolecular Hbond substituents is 1. The van der Waals surface area contributed by atoms with Crippen molar-refractivity contribution in [3.8, 4) is 22.7 Å². The molecule has 0 aliphatic heterocycles. The molecule has 1 amide bonds. The molecule has 0 spiro atoms. The summed E-state index contributed by atoms with van der Waals surface area (Å²) < 4.78 is 40.1. The molecule has 0 aliphatic carbocycles. The standard InChI is InChI=1S/C24H20F3N5O2/c1-31(2)18-8-6-15(7-9-18)21-14-32(30-29-21)19-10-11-20(22(33)13-19)23(34)28-17-5-3-4-16(12-17)24(25,26)27/h3-14,33H,1-2H3,(H,28,34). The first-order valence-electron chi connectivity index (χ1n) is 10.1. The zero-order chi connectivity index (χ0) is 24.5. The Balaban J connectivity index is 1.52. The van der Waals surface area contributed by atoms with Crippen molar-refractivity contribution in [2.45, 2.75) is 6.18 Å². The molecule has 0 saturated heterocycles. The molecule has 0 radical (unpaired) electrons. The monoisotopic (exact) mass is 467 g/mol. The van der Waals surface area contributed by atoms with E-state index in [2.05, 4.69) is 15.6 Å². The molecule has 4 aromatic rings. The molecule has 10 heteroatoms. The van der Waals surface area contributed by atoms with Crippen LogP contribution in [0.3, 0.4) is 0 Å². The number of anilines is 2. The summed E-state index contributed by atoms with van der Waals surface area (Å²) in [4.78, 5) is 14.5. The molecular formula is C24H20F3N5O2. The van der Waals surface area contributed by atoms with Crippen LogP contribution in [0.4, 0.5) is 24.5 Å². The van der Waals surface area contributed by atoms with Crippen molar-refractivity contribution < 1.29 is 23.1 Å². The average Bonchev–Trinajstić information content (AvgIpc) is 3.29. The van der Waals surface area contributed by atoms with Gasteiger partial charge in [-0.25, -0.2) is 4.68 Å². The number of rotatable bonds is 5. The van der Waals surface area contributed by atoms with Crippen molar-refractivity contribution in [3.05, 3.63) is 84.1 Å². The Morgan fingerprint density at radius 1 is 1.03 bits per heavy atom. The van der Waals surface area contributed by atoms with Crippen molar-refractivity contribution >= 4 is 17.3 Å². The van der Waals surface area contributed by atoms with Gasteiger partial charge in [-0.2, -0.15) is 13.2 Å². The van der Waals surface area contributed by atoms with Crippen LogP contribution < -0.4 is 10.2 Å². The van der Waals surface area contributed by atoms with E-state index in [9.17, 15) is 23.1 Å². The number of alkyl halides is 3. The van der Waals surface area contributed by atoms with Gasteiger partial charge in [0.1, 0.15) is 11.4 Å². The first-order chi connectivity index (χ1) is 16.1. The number of aromatic hydroxyl groups is 1. The number of carbonyl (C=O) groups excluding carboxylic acids is 1. The van der Waals surface area contributed by atoms with E-state index in [4.69, 9.17) is 0 Å². The highest BCUT2D eigenvalue weighted by molar-refractivity contribution is 6.06. The van der Waals surface area contributed by atoms with E-state index in [-0.39, 0.29) is 17.0 Å². The summed E-state index contributed by atoms with van der Waals surface area (Å²) >= 11 is 0. The number of carbonyl (C=O) groups is 1. The van der Waals surface area contributed by atoms with E-state index in [1.54, 1.807) is 12.3 Å². The maximum Gasteiger partial charge on any atom is 0.416 e. The SMILES string of the molecule is CN(C)c1ccc(-c2cn(-c3ccc(C(=O)Nc4cccc(C(F)(F)F)c4)c(O)c3)nn2)cc1. The van der Waals surface area contributed by atoms with E-state index in [1.807, 2.05) is 43.3 Å². The second-order valence-corrected chi connectivity index (χ2v) is 7.72. The minimum absolute atomic E-state index is 0.0375. The molecule has 4 rings (SSSR count). The first kappa shape index (κ1) is 22.8. The Hall–Kier alpha value is -4.34. The summed E-state index contributed by atoms with van der Waals surface area (Å²) in [5.41, 5.74) is 1.96. The Morgan fingerprint density at radius 3 is 2.41 bits per heavy atom. The minimum atomic E-state index is -4.53. The van der Waals surface area contributed by atoms with Crippen LogP contribution in [0.1, 0.15) is 15.9 Å². The normalized spacial score (nSPS) is 11.3.